The second kappa shape index (κ2) is 8.75. The first-order valence-electron chi connectivity index (χ1n) is 9.33. The van der Waals surface area contributed by atoms with Crippen LogP contribution in [-0.2, 0) is 4.74 Å². The van der Waals surface area contributed by atoms with Crippen LogP contribution in [0.1, 0.15) is 35.2 Å². The van der Waals surface area contributed by atoms with Gasteiger partial charge in [-0.2, -0.15) is 0 Å². The van der Waals surface area contributed by atoms with Crippen LogP contribution >= 0.6 is 0 Å². The molecule has 2 saturated heterocycles. The fourth-order valence-electron chi connectivity index (χ4n) is 3.68. The predicted octanol–water partition coefficient (Wildman–Crippen LogP) is 2.61. The second-order valence-corrected chi connectivity index (χ2v) is 7.24. The molecule has 0 amide bonds. The minimum atomic E-state index is 0.269. The molecule has 4 nitrogen and oxygen atoms in total. The Kier molecular flexibility index (Phi) is 6.41. The molecule has 2 fully saturated rings. The minimum Gasteiger partial charge on any atom is -0.379 e. The third-order valence-electron chi connectivity index (χ3n) is 5.36. The Balaban J connectivity index is 1.36. The fourth-order valence-corrected chi connectivity index (χ4v) is 3.68. The zero-order chi connectivity index (χ0) is 16.8. The molecule has 0 unspecified atom stereocenters. The maximum atomic E-state index is 12.3. The molecule has 0 bridgehead atoms. The Morgan fingerprint density at radius 1 is 1.04 bits per heavy atom. The molecule has 2 heterocycles. The topological polar surface area (TPSA) is 32.8 Å². The maximum absolute atomic E-state index is 12.3. The summed E-state index contributed by atoms with van der Waals surface area (Å²) in [6.07, 6.45) is 3.16. The molecule has 2 aliphatic heterocycles. The van der Waals surface area contributed by atoms with Crippen LogP contribution in [0.2, 0.25) is 0 Å². The van der Waals surface area contributed by atoms with Gasteiger partial charge in [0.25, 0.3) is 0 Å². The van der Waals surface area contributed by atoms with Gasteiger partial charge in [-0.3, -0.25) is 9.69 Å². The Hall–Kier alpha value is -1.23. The smallest absolute Gasteiger partial charge is 0.164 e. The number of aryl methyl sites for hydroxylation is 1. The number of carbonyl (C=O) groups is 1. The van der Waals surface area contributed by atoms with E-state index in [0.29, 0.717) is 6.42 Å². The molecule has 0 N–H and O–H groups in total. The van der Waals surface area contributed by atoms with Crippen LogP contribution in [0.3, 0.4) is 0 Å². The minimum absolute atomic E-state index is 0.269. The molecule has 1 aromatic carbocycles. The van der Waals surface area contributed by atoms with E-state index in [-0.39, 0.29) is 5.78 Å². The highest BCUT2D eigenvalue weighted by molar-refractivity contribution is 5.96. The zero-order valence-corrected chi connectivity index (χ0v) is 14.9. The third-order valence-corrected chi connectivity index (χ3v) is 5.36. The lowest BCUT2D eigenvalue weighted by Gasteiger charge is -2.36. The van der Waals surface area contributed by atoms with Crippen LogP contribution in [0.25, 0.3) is 0 Å². The quantitative estimate of drug-likeness (QED) is 0.751. The summed E-state index contributed by atoms with van der Waals surface area (Å²) < 4.78 is 5.42. The van der Waals surface area contributed by atoms with E-state index < -0.39 is 0 Å². The van der Waals surface area contributed by atoms with E-state index in [1.165, 1.54) is 24.9 Å². The van der Waals surface area contributed by atoms with Crippen molar-refractivity contribution < 1.29 is 9.53 Å². The number of ketones is 1. The van der Waals surface area contributed by atoms with E-state index in [4.69, 9.17) is 4.74 Å². The normalized spacial score (nSPS) is 21.0. The Bertz CT molecular complexity index is 515. The number of nitrogens with zero attached hydrogens (tertiary/aromatic N) is 2. The van der Waals surface area contributed by atoms with Crippen molar-refractivity contribution in [2.75, 3.05) is 52.5 Å². The number of hydrogen-bond donors (Lipinski definition) is 0. The van der Waals surface area contributed by atoms with Crippen molar-refractivity contribution >= 4 is 5.78 Å². The van der Waals surface area contributed by atoms with Crippen LogP contribution in [0.5, 0.6) is 0 Å². The van der Waals surface area contributed by atoms with Crippen molar-refractivity contribution in [2.24, 2.45) is 5.92 Å². The summed E-state index contributed by atoms with van der Waals surface area (Å²) in [5, 5.41) is 0. The summed E-state index contributed by atoms with van der Waals surface area (Å²) in [5.74, 6) is 1.08. The molecule has 0 aliphatic carbocycles. The highest BCUT2D eigenvalue weighted by Gasteiger charge is 2.22. The van der Waals surface area contributed by atoms with Gasteiger partial charge in [0.2, 0.25) is 0 Å². The van der Waals surface area contributed by atoms with Crippen molar-refractivity contribution in [3.63, 3.8) is 0 Å². The molecule has 0 spiro atoms. The van der Waals surface area contributed by atoms with Crippen molar-refractivity contribution in [1.29, 1.82) is 0 Å². The molecule has 1 aromatic rings. The van der Waals surface area contributed by atoms with Crippen LogP contribution in [0, 0.1) is 12.8 Å². The number of benzene rings is 1. The monoisotopic (exact) mass is 330 g/mol. The molecule has 0 atom stereocenters. The molecular formula is C20H30N2O2. The molecular weight excluding hydrogens is 300 g/mol. The average Bonchev–Trinajstić information content (AvgIpc) is 2.62. The zero-order valence-electron chi connectivity index (χ0n) is 14.9. The molecule has 132 valence electrons. The fraction of sp³-hybridized carbons (Fsp3) is 0.650. The van der Waals surface area contributed by atoms with Crippen molar-refractivity contribution in [1.82, 2.24) is 9.80 Å². The standard InChI is InChI=1S/C20H30N2O2/c1-17-2-4-19(5-3-17)20(23)8-11-21-9-6-18(7-10-21)16-22-12-14-24-15-13-22/h2-5,18H,6-16H2,1H3. The van der Waals surface area contributed by atoms with Gasteiger partial charge in [-0.15, -0.1) is 0 Å². The molecule has 24 heavy (non-hydrogen) atoms. The molecule has 2 aliphatic rings. The number of rotatable bonds is 6. The van der Waals surface area contributed by atoms with Crippen molar-refractivity contribution in [3.05, 3.63) is 35.4 Å². The first-order valence-corrected chi connectivity index (χ1v) is 9.33. The molecule has 4 heteroatoms. The summed E-state index contributed by atoms with van der Waals surface area (Å²) >= 11 is 0. The predicted molar refractivity (Wildman–Crippen MR) is 96.5 cm³/mol. The van der Waals surface area contributed by atoms with E-state index >= 15 is 0 Å². The van der Waals surface area contributed by atoms with E-state index in [1.54, 1.807) is 0 Å². The van der Waals surface area contributed by atoms with Crippen LogP contribution in [-0.4, -0.2) is 68.1 Å². The number of likely N-dealkylation sites (tertiary alicyclic amines) is 1. The van der Waals surface area contributed by atoms with E-state index in [1.807, 2.05) is 24.3 Å². The first-order chi connectivity index (χ1) is 11.7. The van der Waals surface area contributed by atoms with Gasteiger partial charge in [-0.05, 0) is 38.8 Å². The van der Waals surface area contributed by atoms with Crippen LogP contribution in [0.15, 0.2) is 24.3 Å². The summed E-state index contributed by atoms with van der Waals surface area (Å²) in [4.78, 5) is 17.3. The van der Waals surface area contributed by atoms with Gasteiger partial charge >= 0.3 is 0 Å². The number of carbonyl (C=O) groups excluding carboxylic acids is 1. The van der Waals surface area contributed by atoms with Crippen molar-refractivity contribution in [2.45, 2.75) is 26.2 Å². The number of morpholine rings is 1. The highest BCUT2D eigenvalue weighted by Crippen LogP contribution is 2.19. The average molecular weight is 330 g/mol. The second-order valence-electron chi connectivity index (χ2n) is 7.24. The van der Waals surface area contributed by atoms with Gasteiger partial charge in [0.1, 0.15) is 0 Å². The summed E-state index contributed by atoms with van der Waals surface area (Å²) in [6.45, 7) is 10.4. The van der Waals surface area contributed by atoms with Gasteiger partial charge < -0.3 is 9.64 Å². The molecule has 0 aromatic heterocycles. The van der Waals surface area contributed by atoms with Gasteiger partial charge in [0.15, 0.2) is 5.78 Å². The summed E-state index contributed by atoms with van der Waals surface area (Å²) in [5.41, 5.74) is 2.05. The van der Waals surface area contributed by atoms with E-state index in [0.717, 1.165) is 57.4 Å². The van der Waals surface area contributed by atoms with Gasteiger partial charge in [-0.1, -0.05) is 29.8 Å². The van der Waals surface area contributed by atoms with Gasteiger partial charge in [0.05, 0.1) is 13.2 Å². The Labute approximate surface area is 145 Å². The summed E-state index contributed by atoms with van der Waals surface area (Å²) in [7, 11) is 0. The summed E-state index contributed by atoms with van der Waals surface area (Å²) in [6, 6.07) is 7.94. The molecule has 3 rings (SSSR count). The largest absolute Gasteiger partial charge is 0.379 e. The Morgan fingerprint density at radius 3 is 2.38 bits per heavy atom. The first kappa shape index (κ1) is 17.6. The number of ether oxygens (including phenoxy) is 1. The number of hydrogen-bond acceptors (Lipinski definition) is 4. The number of Topliss-reactive ketones (excluding diaryl/α,β-unsaturated/α-hetero) is 1. The highest BCUT2D eigenvalue weighted by atomic mass is 16.5. The lowest BCUT2D eigenvalue weighted by atomic mass is 9.95. The lowest BCUT2D eigenvalue weighted by Crippen LogP contribution is -2.43. The van der Waals surface area contributed by atoms with Gasteiger partial charge in [-0.25, -0.2) is 0 Å². The SMILES string of the molecule is Cc1ccc(C(=O)CCN2CCC(CN3CCOCC3)CC2)cc1. The third kappa shape index (κ3) is 5.13. The number of piperidine rings is 1. The van der Waals surface area contributed by atoms with Crippen LogP contribution in [0.4, 0.5) is 0 Å². The van der Waals surface area contributed by atoms with E-state index in [2.05, 4.69) is 16.7 Å². The maximum Gasteiger partial charge on any atom is 0.164 e. The Morgan fingerprint density at radius 2 is 1.71 bits per heavy atom. The van der Waals surface area contributed by atoms with Crippen LogP contribution < -0.4 is 0 Å². The molecule has 0 saturated carbocycles. The van der Waals surface area contributed by atoms with E-state index in [9.17, 15) is 4.79 Å². The molecule has 0 radical (unpaired) electrons. The van der Waals surface area contributed by atoms with Crippen molar-refractivity contribution in [3.8, 4) is 0 Å². The lowest BCUT2D eigenvalue weighted by molar-refractivity contribution is 0.0245. The van der Waals surface area contributed by atoms with Gasteiger partial charge in [0, 0.05) is 38.2 Å².